The van der Waals surface area contributed by atoms with E-state index in [1.807, 2.05) is 39.8 Å². The third kappa shape index (κ3) is 19.1. The number of fused-ring (bicyclic) bond motifs is 2. The van der Waals surface area contributed by atoms with Gasteiger partial charge in [0.25, 0.3) is 0 Å². The van der Waals surface area contributed by atoms with Crippen LogP contribution in [0.5, 0.6) is 0 Å². The number of nitrogens with zero attached hydrogens (tertiary/aromatic N) is 2. The van der Waals surface area contributed by atoms with Gasteiger partial charge in [0.1, 0.15) is 60.4 Å². The Bertz CT molecular complexity index is 2330. The van der Waals surface area contributed by atoms with Crippen LogP contribution >= 0.6 is 0 Å². The van der Waals surface area contributed by atoms with Crippen molar-refractivity contribution in [1.82, 2.24) is 52.3 Å². The first-order valence-corrected chi connectivity index (χ1v) is 29.5. The minimum atomic E-state index is -1.22. The fourth-order valence-corrected chi connectivity index (χ4v) is 10.9. The van der Waals surface area contributed by atoms with Crippen LogP contribution in [0.2, 0.25) is 0 Å². The van der Waals surface area contributed by atoms with E-state index in [0.29, 0.717) is 36.8 Å². The molecule has 0 aromatic heterocycles. The molecule has 12 N–H and O–H groups in total. The Kier molecular flexibility index (Phi) is 25.7. The number of nitrogens with one attached hydrogen (secondary N) is 8. The van der Waals surface area contributed by atoms with Gasteiger partial charge in [-0.2, -0.15) is 0 Å². The second kappa shape index (κ2) is 32.0. The highest BCUT2D eigenvalue weighted by Gasteiger charge is 2.43. The standard InChI is InChI=1S/C60H92N12O10/c1-35(2)31-43-53(75)67-45(33-39-19-11-9-12-20-39)59(81)71-29-17-25-47(71)55(77)70-50(38(7)8)58(80)64-42(24-16-28-62)52(74)66-44(32-36(3)4)54(76)68-46(34-40-21-13-10-14-22-40)60(82)72-30-18-26-48(72)56(78)69-49(37(5)6)57(79)63-41(23-15-27-61)51(73)65-43/h9-14,19-22,35-38,41-50H,15-18,23-34,61-62H2,1-8H3,(H,63,79)(H,64,80)(H,65,73)(H,66,74)(H,67,75)(H,68,76)(H,69,78)(H,70,77)/t41?,42?,43-,44-,45-,46-,47?,48?,49-,50-/m0/s1. The van der Waals surface area contributed by atoms with Crippen molar-refractivity contribution in [2.75, 3.05) is 26.2 Å². The van der Waals surface area contributed by atoms with Gasteiger partial charge < -0.3 is 63.8 Å². The molecule has 5 rings (SSSR count). The van der Waals surface area contributed by atoms with E-state index >= 15 is 0 Å². The molecular weight excluding hydrogens is 1050 g/mol. The van der Waals surface area contributed by atoms with Gasteiger partial charge in [-0.15, -0.1) is 0 Å². The summed E-state index contributed by atoms with van der Waals surface area (Å²) in [5, 5.41) is 22.8. The zero-order chi connectivity index (χ0) is 60.2. The molecule has 0 bridgehead atoms. The fraction of sp³-hybridized carbons (Fsp3) is 0.633. The Balaban J connectivity index is 1.58. The molecule has 0 saturated carbocycles. The minimum absolute atomic E-state index is 0.0279. The molecule has 10 amide bonds. The molecular formula is C60H92N12O10. The highest BCUT2D eigenvalue weighted by molar-refractivity contribution is 6.00. The van der Waals surface area contributed by atoms with E-state index in [9.17, 15) is 47.9 Å². The van der Waals surface area contributed by atoms with Crippen LogP contribution < -0.4 is 54.0 Å². The lowest BCUT2D eigenvalue weighted by Gasteiger charge is -2.33. The van der Waals surface area contributed by atoms with Crippen LogP contribution in [0.3, 0.4) is 0 Å². The maximum absolute atomic E-state index is 14.9. The van der Waals surface area contributed by atoms with Crippen molar-refractivity contribution in [3.8, 4) is 0 Å². The second-order valence-corrected chi connectivity index (χ2v) is 23.7. The molecule has 10 atom stereocenters. The number of hydrogen-bond donors (Lipinski definition) is 10. The smallest absolute Gasteiger partial charge is 0.246 e. The van der Waals surface area contributed by atoms with E-state index in [0.717, 1.165) is 0 Å². The Morgan fingerprint density at radius 1 is 0.415 bits per heavy atom. The third-order valence-electron chi connectivity index (χ3n) is 15.3. The van der Waals surface area contributed by atoms with Gasteiger partial charge in [-0.3, -0.25) is 47.9 Å². The predicted octanol–water partition coefficient (Wildman–Crippen LogP) is 1.23. The van der Waals surface area contributed by atoms with Crippen molar-refractivity contribution in [2.45, 2.75) is 193 Å². The average molecular weight is 1140 g/mol. The van der Waals surface area contributed by atoms with Crippen LogP contribution in [0.4, 0.5) is 0 Å². The molecule has 3 saturated heterocycles. The summed E-state index contributed by atoms with van der Waals surface area (Å²) in [4.78, 5) is 149. The predicted molar refractivity (Wildman–Crippen MR) is 310 cm³/mol. The number of rotatable bonds is 16. The summed E-state index contributed by atoms with van der Waals surface area (Å²) in [6.45, 7) is 15.0. The summed E-state index contributed by atoms with van der Waals surface area (Å²) in [5.74, 6) is -7.75. The summed E-state index contributed by atoms with van der Waals surface area (Å²) in [5.41, 5.74) is 13.3. The van der Waals surface area contributed by atoms with Gasteiger partial charge in [-0.1, -0.05) is 116 Å². The zero-order valence-corrected chi connectivity index (χ0v) is 49.3. The first kappa shape index (κ1) is 65.9. The van der Waals surface area contributed by atoms with Gasteiger partial charge in [0.15, 0.2) is 0 Å². The van der Waals surface area contributed by atoms with E-state index < -0.39 is 131 Å². The molecule has 2 aromatic rings. The fourth-order valence-electron chi connectivity index (χ4n) is 10.9. The summed E-state index contributed by atoms with van der Waals surface area (Å²) in [6, 6.07) is 6.30. The van der Waals surface area contributed by atoms with Crippen molar-refractivity contribution in [3.05, 3.63) is 71.8 Å². The monoisotopic (exact) mass is 1140 g/mol. The number of carbonyl (C=O) groups excluding carboxylic acids is 10. The van der Waals surface area contributed by atoms with E-state index in [4.69, 9.17) is 11.5 Å². The van der Waals surface area contributed by atoms with Gasteiger partial charge in [-0.25, -0.2) is 0 Å². The lowest BCUT2D eigenvalue weighted by atomic mass is 9.99. The maximum Gasteiger partial charge on any atom is 0.246 e. The Hall–Kier alpha value is -6.94. The first-order valence-electron chi connectivity index (χ1n) is 29.5. The lowest BCUT2D eigenvalue weighted by molar-refractivity contribution is -0.143. The summed E-state index contributed by atoms with van der Waals surface area (Å²) >= 11 is 0. The van der Waals surface area contributed by atoms with Crippen molar-refractivity contribution in [3.63, 3.8) is 0 Å². The van der Waals surface area contributed by atoms with E-state index in [1.54, 1.807) is 76.2 Å². The average Bonchev–Trinajstić information content (AvgIpc) is 4.16. The van der Waals surface area contributed by atoms with Gasteiger partial charge in [-0.05, 0) is 112 Å². The normalized spacial score (nSPS) is 26.6. The van der Waals surface area contributed by atoms with Crippen LogP contribution in [0.25, 0.3) is 0 Å². The van der Waals surface area contributed by atoms with Gasteiger partial charge in [0, 0.05) is 25.9 Å². The topological polar surface area (TPSA) is 325 Å². The summed E-state index contributed by atoms with van der Waals surface area (Å²) < 4.78 is 0. The summed E-state index contributed by atoms with van der Waals surface area (Å²) in [6.07, 6.45) is 2.45. The Labute approximate surface area is 483 Å². The number of carbonyl (C=O) groups is 10. The maximum atomic E-state index is 14.9. The van der Waals surface area contributed by atoms with Crippen LogP contribution in [0.15, 0.2) is 60.7 Å². The molecule has 452 valence electrons. The lowest BCUT2D eigenvalue weighted by Crippen LogP contribution is -2.62. The quantitative estimate of drug-likeness (QED) is 0.114. The summed E-state index contributed by atoms with van der Waals surface area (Å²) in [7, 11) is 0. The van der Waals surface area contributed by atoms with Gasteiger partial charge >= 0.3 is 0 Å². The van der Waals surface area contributed by atoms with Gasteiger partial charge in [0.05, 0.1) is 0 Å². The minimum Gasteiger partial charge on any atom is -0.343 e. The van der Waals surface area contributed by atoms with E-state index in [1.165, 1.54) is 9.80 Å². The van der Waals surface area contributed by atoms with Crippen LogP contribution in [0.1, 0.15) is 131 Å². The van der Waals surface area contributed by atoms with Crippen molar-refractivity contribution < 1.29 is 47.9 Å². The SMILES string of the molecule is CC(C)C[C@@H]1NC(=O)C(CCCN)NC(=O)[C@H](C(C)C)NC(=O)C2CCCN2C(=O)[C@H](Cc2ccccc2)NC(=O)[C@H](CC(C)C)NC(=O)C(CCCN)NC(=O)[C@H](C(C)C)NC(=O)C2CCCN2C(=O)[C@H](Cc2ccccc2)NC1=O. The van der Waals surface area contributed by atoms with Crippen molar-refractivity contribution >= 4 is 59.1 Å². The zero-order valence-electron chi connectivity index (χ0n) is 49.3. The molecule has 3 heterocycles. The van der Waals surface area contributed by atoms with Crippen molar-refractivity contribution in [2.24, 2.45) is 35.1 Å². The molecule has 3 fully saturated rings. The number of nitrogens with two attached hydrogens (primary N) is 2. The molecule has 0 radical (unpaired) electrons. The Morgan fingerprint density at radius 3 is 1.05 bits per heavy atom. The van der Waals surface area contributed by atoms with E-state index in [2.05, 4.69) is 42.5 Å². The second-order valence-electron chi connectivity index (χ2n) is 23.7. The number of amides is 10. The van der Waals surface area contributed by atoms with Crippen molar-refractivity contribution in [1.29, 1.82) is 0 Å². The number of benzene rings is 2. The van der Waals surface area contributed by atoms with Gasteiger partial charge in [0.2, 0.25) is 59.1 Å². The largest absolute Gasteiger partial charge is 0.343 e. The molecule has 0 spiro atoms. The molecule has 22 nitrogen and oxygen atoms in total. The van der Waals surface area contributed by atoms with Crippen LogP contribution in [-0.4, -0.2) is 155 Å². The van der Waals surface area contributed by atoms with Crippen LogP contribution in [0, 0.1) is 23.7 Å². The molecule has 4 unspecified atom stereocenters. The third-order valence-corrected chi connectivity index (χ3v) is 15.3. The molecule has 3 aliphatic heterocycles. The molecule has 82 heavy (non-hydrogen) atoms. The molecule has 22 heteroatoms. The molecule has 3 aliphatic rings. The van der Waals surface area contributed by atoms with E-state index in [-0.39, 0.29) is 89.4 Å². The van der Waals surface area contributed by atoms with Crippen LogP contribution in [-0.2, 0) is 60.8 Å². The molecule has 2 aromatic carbocycles. The highest BCUT2D eigenvalue weighted by atomic mass is 16.2. The number of hydrogen-bond acceptors (Lipinski definition) is 12. The highest BCUT2D eigenvalue weighted by Crippen LogP contribution is 2.24. The first-order chi connectivity index (χ1) is 39.0. The Morgan fingerprint density at radius 2 is 0.732 bits per heavy atom. The molecule has 0 aliphatic carbocycles.